The molecule has 0 spiro atoms. The number of hydrogen-bond donors (Lipinski definition) is 1. The van der Waals surface area contributed by atoms with Crippen LogP contribution in [0.5, 0.6) is 0 Å². The Morgan fingerprint density at radius 1 is 1.11 bits per heavy atom. The first-order valence-corrected chi connectivity index (χ1v) is 11.3. The Balaban J connectivity index is 1.72. The molecule has 5 rings (SSSR count). The number of benzene rings is 1. The summed E-state index contributed by atoms with van der Waals surface area (Å²) < 4.78 is 57.2. The molecule has 0 amide bonds. The highest BCUT2D eigenvalue weighted by Crippen LogP contribution is 2.36. The van der Waals surface area contributed by atoms with E-state index >= 15 is 0 Å². The molecular weight excluding hydrogens is 476 g/mol. The molecule has 186 valence electrons. The zero-order valence-electron chi connectivity index (χ0n) is 19.7. The number of aromatic nitrogens is 4. The number of hydrogen-bond acceptors (Lipinski definition) is 5. The Morgan fingerprint density at radius 2 is 1.89 bits per heavy atom. The zero-order valence-corrected chi connectivity index (χ0v) is 19.7. The van der Waals surface area contributed by atoms with Gasteiger partial charge < -0.3 is 14.5 Å². The standard InChI is InChI=1S/C25H22F4N6O/c1-13(16-8-17(25(27,28)29)10-18(26)9-16)31-22-20-11-19(15-4-5-21(36)34(3)12-15)23-30-6-7-35(23)24(20)33-14(2)32-22/h4-5,8-13,30H,6-7H2,1-3H3. The summed E-state index contributed by atoms with van der Waals surface area (Å²) in [4.78, 5) is 25.6. The predicted octanol–water partition coefficient (Wildman–Crippen LogP) is 4.30. The fourth-order valence-corrected chi connectivity index (χ4v) is 4.39. The van der Waals surface area contributed by atoms with Crippen molar-refractivity contribution in [2.45, 2.75) is 32.6 Å². The Hall–Kier alpha value is -4.02. The zero-order chi connectivity index (χ0) is 25.8. The van der Waals surface area contributed by atoms with Crippen LogP contribution in [0.4, 0.5) is 23.4 Å². The Morgan fingerprint density at radius 3 is 2.61 bits per heavy atom. The summed E-state index contributed by atoms with van der Waals surface area (Å²) in [6.07, 6.45) is -2.95. The highest BCUT2D eigenvalue weighted by Gasteiger charge is 2.32. The van der Waals surface area contributed by atoms with Gasteiger partial charge in [0.25, 0.3) is 0 Å². The van der Waals surface area contributed by atoms with Crippen molar-refractivity contribution in [2.75, 3.05) is 11.9 Å². The number of rotatable bonds is 3. The summed E-state index contributed by atoms with van der Waals surface area (Å²) in [7, 11) is 1.66. The highest BCUT2D eigenvalue weighted by molar-refractivity contribution is 5.81. The van der Waals surface area contributed by atoms with Crippen molar-refractivity contribution >= 4 is 5.82 Å². The van der Waals surface area contributed by atoms with E-state index in [0.717, 1.165) is 29.1 Å². The van der Waals surface area contributed by atoms with Crippen LogP contribution in [0.3, 0.4) is 0 Å². The van der Waals surface area contributed by atoms with Gasteiger partial charge in [-0.3, -0.25) is 9.79 Å². The van der Waals surface area contributed by atoms with Crippen LogP contribution in [0.1, 0.15) is 29.9 Å². The normalized spacial score (nSPS) is 14.7. The van der Waals surface area contributed by atoms with Crippen LogP contribution in [0.25, 0.3) is 22.5 Å². The van der Waals surface area contributed by atoms with E-state index in [4.69, 9.17) is 0 Å². The van der Waals surface area contributed by atoms with Crippen LogP contribution in [0.15, 0.2) is 52.4 Å². The number of anilines is 1. The number of alkyl halides is 3. The molecule has 4 heterocycles. The third-order valence-electron chi connectivity index (χ3n) is 6.16. The van der Waals surface area contributed by atoms with E-state index < -0.39 is 23.6 Å². The lowest BCUT2D eigenvalue weighted by atomic mass is 10.0. The SMILES string of the molecule is Cc1nc2n3c(c(-c4ccc(=O)n(C)c4)cc-2c(=NC(C)c2cc(F)cc(C(F)(F)F)c2)n1)NCC3. The van der Waals surface area contributed by atoms with Crippen molar-refractivity contribution in [3.63, 3.8) is 0 Å². The Labute approximate surface area is 203 Å². The van der Waals surface area contributed by atoms with E-state index in [1.165, 1.54) is 10.6 Å². The number of pyridine rings is 2. The van der Waals surface area contributed by atoms with Gasteiger partial charge in [-0.1, -0.05) is 0 Å². The molecule has 7 nitrogen and oxygen atoms in total. The van der Waals surface area contributed by atoms with Crippen LogP contribution < -0.4 is 16.4 Å². The summed E-state index contributed by atoms with van der Waals surface area (Å²) in [5, 5.41) is 3.36. The first kappa shape index (κ1) is 23.7. The molecule has 1 unspecified atom stereocenters. The molecule has 3 aliphatic heterocycles. The highest BCUT2D eigenvalue weighted by atomic mass is 19.4. The van der Waals surface area contributed by atoms with Crippen LogP contribution in [0.2, 0.25) is 0 Å². The molecule has 0 radical (unpaired) electrons. The third-order valence-corrected chi connectivity index (χ3v) is 6.16. The molecule has 0 aliphatic carbocycles. The van der Waals surface area contributed by atoms with E-state index in [2.05, 4.69) is 20.3 Å². The van der Waals surface area contributed by atoms with E-state index in [-0.39, 0.29) is 16.6 Å². The summed E-state index contributed by atoms with van der Waals surface area (Å²) in [5.74, 6) is 0.914. The minimum atomic E-state index is -4.68. The van der Waals surface area contributed by atoms with E-state index in [1.54, 1.807) is 33.2 Å². The Kier molecular flexibility index (Phi) is 5.65. The van der Waals surface area contributed by atoms with Crippen molar-refractivity contribution < 1.29 is 17.6 Å². The van der Waals surface area contributed by atoms with E-state index in [9.17, 15) is 22.4 Å². The fourth-order valence-electron chi connectivity index (χ4n) is 4.39. The number of aryl methyl sites for hydroxylation is 2. The second kappa shape index (κ2) is 8.58. The van der Waals surface area contributed by atoms with Crippen LogP contribution >= 0.6 is 0 Å². The summed E-state index contributed by atoms with van der Waals surface area (Å²) in [5.41, 5.74) is 1.34. The summed E-state index contributed by atoms with van der Waals surface area (Å²) in [6.45, 7) is 4.61. The maximum absolute atomic E-state index is 14.0. The first-order chi connectivity index (χ1) is 17.0. The molecule has 0 bridgehead atoms. The lowest BCUT2D eigenvalue weighted by Crippen LogP contribution is -2.21. The molecule has 2 aromatic rings. The lowest BCUT2D eigenvalue weighted by Gasteiger charge is -2.18. The van der Waals surface area contributed by atoms with Gasteiger partial charge in [0, 0.05) is 43.5 Å². The maximum Gasteiger partial charge on any atom is 0.416 e. The van der Waals surface area contributed by atoms with Crippen molar-refractivity contribution in [1.29, 1.82) is 0 Å². The van der Waals surface area contributed by atoms with Gasteiger partial charge in [-0.15, -0.1) is 0 Å². The minimum Gasteiger partial charge on any atom is -0.369 e. The average Bonchev–Trinajstić information content (AvgIpc) is 3.30. The van der Waals surface area contributed by atoms with Crippen molar-refractivity contribution in [2.24, 2.45) is 12.0 Å². The van der Waals surface area contributed by atoms with Gasteiger partial charge in [-0.2, -0.15) is 13.2 Å². The quantitative estimate of drug-likeness (QED) is 0.428. The van der Waals surface area contributed by atoms with Crippen LogP contribution in [0, 0.1) is 12.7 Å². The molecule has 0 saturated carbocycles. The predicted molar refractivity (Wildman–Crippen MR) is 126 cm³/mol. The first-order valence-electron chi connectivity index (χ1n) is 11.3. The molecule has 1 atom stereocenters. The van der Waals surface area contributed by atoms with Crippen molar-refractivity contribution in [3.8, 4) is 22.5 Å². The van der Waals surface area contributed by atoms with Gasteiger partial charge in [0.15, 0.2) is 5.49 Å². The Bertz CT molecular complexity index is 1590. The number of fused-ring (bicyclic) bond motifs is 3. The van der Waals surface area contributed by atoms with Gasteiger partial charge in [0.1, 0.15) is 23.3 Å². The van der Waals surface area contributed by atoms with Crippen LogP contribution in [-0.4, -0.2) is 25.6 Å². The second-order valence-corrected chi connectivity index (χ2v) is 8.76. The fraction of sp³-hybridized carbons (Fsp3) is 0.280. The number of nitrogens with zero attached hydrogens (tertiary/aromatic N) is 5. The molecule has 0 fully saturated rings. The molecule has 36 heavy (non-hydrogen) atoms. The van der Waals surface area contributed by atoms with Crippen molar-refractivity contribution in [3.05, 3.63) is 81.2 Å². The average molecular weight is 498 g/mol. The molecule has 11 heteroatoms. The topological polar surface area (TPSA) is 77.1 Å². The minimum absolute atomic E-state index is 0.0838. The smallest absolute Gasteiger partial charge is 0.369 e. The monoisotopic (exact) mass is 498 g/mol. The summed E-state index contributed by atoms with van der Waals surface area (Å²) >= 11 is 0. The third kappa shape index (κ3) is 4.25. The van der Waals surface area contributed by atoms with E-state index in [0.29, 0.717) is 36.4 Å². The van der Waals surface area contributed by atoms with Gasteiger partial charge >= 0.3 is 6.18 Å². The van der Waals surface area contributed by atoms with Gasteiger partial charge in [-0.25, -0.2) is 14.4 Å². The van der Waals surface area contributed by atoms with Crippen molar-refractivity contribution in [1.82, 2.24) is 19.1 Å². The van der Waals surface area contributed by atoms with Gasteiger partial charge in [-0.05, 0) is 49.7 Å². The van der Waals surface area contributed by atoms with Gasteiger partial charge in [0.05, 0.1) is 17.2 Å². The number of halogens is 4. The van der Waals surface area contributed by atoms with Crippen LogP contribution in [-0.2, 0) is 19.8 Å². The molecule has 0 saturated heterocycles. The number of nitrogens with one attached hydrogen (secondary N) is 1. The summed E-state index contributed by atoms with van der Waals surface area (Å²) in [6, 6.07) is 6.67. The maximum atomic E-state index is 14.0. The molecule has 1 aromatic heterocycles. The van der Waals surface area contributed by atoms with Gasteiger partial charge in [0.2, 0.25) is 5.56 Å². The largest absolute Gasteiger partial charge is 0.416 e. The molecular formula is C25H22F4N6O. The molecule has 3 aliphatic rings. The van der Waals surface area contributed by atoms with E-state index in [1.807, 2.05) is 10.6 Å². The molecule has 1 N–H and O–H groups in total. The second-order valence-electron chi connectivity index (χ2n) is 8.76. The lowest BCUT2D eigenvalue weighted by molar-refractivity contribution is -0.137. The molecule has 1 aromatic carbocycles.